The highest BCUT2D eigenvalue weighted by Gasteiger charge is 2.52. The predicted octanol–water partition coefficient (Wildman–Crippen LogP) is 3.71. The number of fused-ring (bicyclic) bond motifs is 1. The molecule has 3 aromatic heterocycles. The highest BCUT2D eigenvalue weighted by Crippen LogP contribution is 2.42. The first-order chi connectivity index (χ1) is 17.5. The number of H-pyrrole nitrogens is 1. The van der Waals surface area contributed by atoms with Gasteiger partial charge in [0.05, 0.1) is 24.4 Å². The number of likely N-dealkylation sites (tertiary alicyclic amines) is 2. The van der Waals surface area contributed by atoms with Crippen LogP contribution in [-0.4, -0.2) is 72.2 Å². The predicted molar refractivity (Wildman–Crippen MR) is 136 cm³/mol. The first-order valence-corrected chi connectivity index (χ1v) is 13.3. The minimum absolute atomic E-state index is 0.0439. The molecule has 1 N–H and O–H groups in total. The number of aromatic nitrogens is 5. The van der Waals surface area contributed by atoms with Crippen LogP contribution in [0.4, 0.5) is 0 Å². The molecule has 3 fully saturated rings. The maximum atomic E-state index is 13.0. The Morgan fingerprint density at radius 1 is 1.19 bits per heavy atom. The Labute approximate surface area is 211 Å². The Bertz CT molecular complexity index is 1280. The molecule has 188 valence electrons. The van der Waals surface area contributed by atoms with E-state index in [0.717, 1.165) is 74.2 Å². The van der Waals surface area contributed by atoms with E-state index < -0.39 is 0 Å². The van der Waals surface area contributed by atoms with Crippen LogP contribution in [0.25, 0.3) is 22.3 Å². The van der Waals surface area contributed by atoms with Gasteiger partial charge < -0.3 is 9.88 Å². The second-order valence-electron chi connectivity index (χ2n) is 11.2. The van der Waals surface area contributed by atoms with E-state index in [0.29, 0.717) is 12.3 Å². The van der Waals surface area contributed by atoms with Gasteiger partial charge in [-0.2, -0.15) is 10.4 Å². The minimum Gasteiger partial charge on any atom is -0.346 e. The van der Waals surface area contributed by atoms with E-state index in [4.69, 9.17) is 5.10 Å². The standard InChI is InChI=1S/C27H34N8O/c1-26(9-13-33(14-10-26)25(36)20-5-3-2-4-6-20)34-17-27(18-34,8-11-28)35-16-21(15-32-35)23-22-7-12-29-24(22)31-19-30-23/h7,12,15-16,19-20H,2-6,8-10,13-14,17-18H2,1H3,(H,29,30,31). The number of carbonyl (C=O) groups excluding carboxylic acids is 1. The normalized spacial score (nSPS) is 22.3. The number of aromatic amines is 1. The van der Waals surface area contributed by atoms with Crippen molar-refractivity contribution in [1.29, 1.82) is 5.26 Å². The number of piperidine rings is 1. The van der Waals surface area contributed by atoms with Crippen molar-refractivity contribution in [1.82, 2.24) is 34.5 Å². The van der Waals surface area contributed by atoms with Crippen LogP contribution in [0.5, 0.6) is 0 Å². The average Bonchev–Trinajstić information content (AvgIpc) is 3.57. The van der Waals surface area contributed by atoms with Crippen LogP contribution in [0, 0.1) is 17.2 Å². The van der Waals surface area contributed by atoms with Crippen LogP contribution in [-0.2, 0) is 10.3 Å². The van der Waals surface area contributed by atoms with Crippen LogP contribution in [0.2, 0.25) is 0 Å². The zero-order valence-electron chi connectivity index (χ0n) is 21.0. The summed E-state index contributed by atoms with van der Waals surface area (Å²) in [4.78, 5) is 29.6. The molecule has 1 amide bonds. The topological polar surface area (TPSA) is 107 Å². The zero-order chi connectivity index (χ0) is 24.8. The molecule has 1 saturated carbocycles. The first kappa shape index (κ1) is 23.2. The molecule has 0 bridgehead atoms. The summed E-state index contributed by atoms with van der Waals surface area (Å²) in [6.45, 7) is 5.57. The third-order valence-electron chi connectivity index (χ3n) is 8.94. The van der Waals surface area contributed by atoms with Crippen molar-refractivity contribution < 1.29 is 4.79 Å². The fourth-order valence-corrected chi connectivity index (χ4v) is 6.47. The number of rotatable bonds is 5. The molecular weight excluding hydrogens is 452 g/mol. The lowest BCUT2D eigenvalue weighted by molar-refractivity contribution is -0.142. The maximum absolute atomic E-state index is 13.0. The smallest absolute Gasteiger partial charge is 0.225 e. The Hall–Kier alpha value is -3.25. The molecular formula is C27H34N8O. The summed E-state index contributed by atoms with van der Waals surface area (Å²) in [6, 6.07) is 4.38. The second kappa shape index (κ2) is 9.00. The average molecular weight is 487 g/mol. The lowest BCUT2D eigenvalue weighted by Crippen LogP contribution is -2.70. The Morgan fingerprint density at radius 2 is 1.97 bits per heavy atom. The molecule has 0 aromatic carbocycles. The van der Waals surface area contributed by atoms with Gasteiger partial charge in [0.25, 0.3) is 0 Å². The third kappa shape index (κ3) is 3.88. The summed E-state index contributed by atoms with van der Waals surface area (Å²) < 4.78 is 1.98. The van der Waals surface area contributed by atoms with E-state index in [1.54, 1.807) is 6.33 Å². The maximum Gasteiger partial charge on any atom is 0.225 e. The van der Waals surface area contributed by atoms with Crippen LogP contribution in [0.1, 0.15) is 58.3 Å². The van der Waals surface area contributed by atoms with E-state index in [1.807, 2.05) is 29.3 Å². The minimum atomic E-state index is -0.338. The van der Waals surface area contributed by atoms with Gasteiger partial charge in [0.2, 0.25) is 5.91 Å². The molecule has 3 aliphatic rings. The van der Waals surface area contributed by atoms with Gasteiger partial charge in [0, 0.05) is 61.0 Å². The molecule has 0 unspecified atom stereocenters. The van der Waals surface area contributed by atoms with E-state index in [-0.39, 0.29) is 17.0 Å². The molecule has 3 aromatic rings. The van der Waals surface area contributed by atoms with E-state index >= 15 is 0 Å². The van der Waals surface area contributed by atoms with Crippen LogP contribution in [0.15, 0.2) is 31.0 Å². The number of nitriles is 1. The van der Waals surface area contributed by atoms with Gasteiger partial charge in [0.1, 0.15) is 17.5 Å². The van der Waals surface area contributed by atoms with Crippen LogP contribution in [0.3, 0.4) is 0 Å². The molecule has 5 heterocycles. The Kier molecular flexibility index (Phi) is 5.79. The number of hydrogen-bond acceptors (Lipinski definition) is 6. The first-order valence-electron chi connectivity index (χ1n) is 13.3. The molecule has 1 aliphatic carbocycles. The highest BCUT2D eigenvalue weighted by molar-refractivity contribution is 5.90. The van der Waals surface area contributed by atoms with Gasteiger partial charge in [0.15, 0.2) is 0 Å². The molecule has 2 saturated heterocycles. The van der Waals surface area contributed by atoms with E-state index in [1.165, 1.54) is 19.3 Å². The second-order valence-corrected chi connectivity index (χ2v) is 11.2. The molecule has 0 radical (unpaired) electrons. The number of hydrogen-bond donors (Lipinski definition) is 1. The summed E-state index contributed by atoms with van der Waals surface area (Å²) in [6.07, 6.45) is 15.4. The quantitative estimate of drug-likeness (QED) is 0.589. The SMILES string of the molecule is CC1(N2CC(CC#N)(n3cc(-c4ncnc5[nH]ccc45)cn3)C2)CCN(C(=O)C2CCCCC2)CC1. The van der Waals surface area contributed by atoms with Gasteiger partial charge in [-0.3, -0.25) is 14.4 Å². The van der Waals surface area contributed by atoms with Crippen molar-refractivity contribution in [2.24, 2.45) is 5.92 Å². The van der Waals surface area contributed by atoms with Gasteiger partial charge in [-0.15, -0.1) is 0 Å². The molecule has 36 heavy (non-hydrogen) atoms. The van der Waals surface area contributed by atoms with Crippen LogP contribution >= 0.6 is 0 Å². The molecule has 0 spiro atoms. The van der Waals surface area contributed by atoms with Crippen molar-refractivity contribution in [3.05, 3.63) is 31.0 Å². The van der Waals surface area contributed by atoms with Gasteiger partial charge >= 0.3 is 0 Å². The fourth-order valence-electron chi connectivity index (χ4n) is 6.47. The summed E-state index contributed by atoms with van der Waals surface area (Å²) in [5.74, 6) is 0.622. The molecule has 2 aliphatic heterocycles. The van der Waals surface area contributed by atoms with E-state index in [2.05, 4.69) is 37.7 Å². The van der Waals surface area contributed by atoms with Gasteiger partial charge in [-0.25, -0.2) is 9.97 Å². The monoisotopic (exact) mass is 486 g/mol. The molecule has 6 rings (SSSR count). The van der Waals surface area contributed by atoms with Gasteiger partial charge in [-0.1, -0.05) is 19.3 Å². The van der Waals surface area contributed by atoms with Crippen LogP contribution < -0.4 is 0 Å². The Balaban J connectivity index is 1.14. The number of nitrogens with zero attached hydrogens (tertiary/aromatic N) is 7. The summed E-state index contributed by atoms with van der Waals surface area (Å²) in [5, 5.41) is 15.3. The summed E-state index contributed by atoms with van der Waals surface area (Å²) in [7, 11) is 0. The number of carbonyl (C=O) groups is 1. The molecule has 9 heteroatoms. The molecule has 0 atom stereocenters. The third-order valence-corrected chi connectivity index (χ3v) is 8.94. The van der Waals surface area contributed by atoms with Crippen molar-refractivity contribution in [2.45, 2.75) is 69.4 Å². The fraction of sp³-hybridized carbons (Fsp3) is 0.593. The van der Waals surface area contributed by atoms with Crippen molar-refractivity contribution >= 4 is 16.9 Å². The zero-order valence-corrected chi connectivity index (χ0v) is 21.0. The Morgan fingerprint density at radius 3 is 2.72 bits per heavy atom. The lowest BCUT2D eigenvalue weighted by Gasteiger charge is -2.58. The van der Waals surface area contributed by atoms with Crippen molar-refractivity contribution in [2.75, 3.05) is 26.2 Å². The largest absolute Gasteiger partial charge is 0.346 e. The van der Waals surface area contributed by atoms with Crippen molar-refractivity contribution in [3.8, 4) is 17.3 Å². The number of amides is 1. The van der Waals surface area contributed by atoms with E-state index in [9.17, 15) is 10.1 Å². The van der Waals surface area contributed by atoms with Gasteiger partial charge in [-0.05, 0) is 38.7 Å². The lowest BCUT2D eigenvalue weighted by atomic mass is 9.77. The number of nitrogens with one attached hydrogen (secondary N) is 1. The highest BCUT2D eigenvalue weighted by atomic mass is 16.2. The molecule has 9 nitrogen and oxygen atoms in total. The van der Waals surface area contributed by atoms with Crippen molar-refractivity contribution in [3.63, 3.8) is 0 Å². The summed E-state index contributed by atoms with van der Waals surface area (Å²) in [5.41, 5.74) is 2.28. The summed E-state index contributed by atoms with van der Waals surface area (Å²) >= 11 is 0.